The highest BCUT2D eigenvalue weighted by atomic mass is 19.1. The number of hydrogen-bond acceptors (Lipinski definition) is 2. The first kappa shape index (κ1) is 12.0. The molecule has 1 heterocycles. The summed E-state index contributed by atoms with van der Waals surface area (Å²) in [6.45, 7) is 0. The number of aromatic nitrogens is 1. The Hall–Kier alpha value is -2.49. The monoisotopic (exact) mass is 243 g/mol. The predicted octanol–water partition coefficient (Wildman–Crippen LogP) is 2.99. The Balaban J connectivity index is 2.41. The highest BCUT2D eigenvalue weighted by molar-refractivity contribution is 5.85. The number of nitrogens with zero attached hydrogens (tertiary/aromatic N) is 1. The van der Waals surface area contributed by atoms with E-state index in [-0.39, 0.29) is 5.56 Å². The molecule has 3 nitrogen and oxygen atoms in total. The van der Waals surface area contributed by atoms with Crippen molar-refractivity contribution >= 4 is 12.0 Å². The van der Waals surface area contributed by atoms with Crippen LogP contribution in [0.2, 0.25) is 0 Å². The number of benzene rings is 1. The van der Waals surface area contributed by atoms with Gasteiger partial charge in [0.05, 0.1) is 0 Å². The van der Waals surface area contributed by atoms with Gasteiger partial charge in [0.15, 0.2) is 0 Å². The van der Waals surface area contributed by atoms with Crippen LogP contribution in [0.1, 0.15) is 5.56 Å². The third-order valence-corrected chi connectivity index (χ3v) is 2.40. The lowest BCUT2D eigenvalue weighted by atomic mass is 10.0. The molecule has 0 spiro atoms. The Morgan fingerprint density at radius 2 is 2.11 bits per heavy atom. The third kappa shape index (κ3) is 2.79. The van der Waals surface area contributed by atoms with Gasteiger partial charge in [-0.2, -0.15) is 0 Å². The van der Waals surface area contributed by atoms with Gasteiger partial charge in [-0.1, -0.05) is 12.1 Å². The van der Waals surface area contributed by atoms with Crippen LogP contribution in [0.5, 0.6) is 0 Å². The van der Waals surface area contributed by atoms with E-state index in [9.17, 15) is 9.18 Å². The molecule has 0 saturated carbocycles. The van der Waals surface area contributed by atoms with Gasteiger partial charge in [-0.05, 0) is 29.8 Å². The number of carboxylic acids is 1. The minimum Gasteiger partial charge on any atom is -0.478 e. The smallest absolute Gasteiger partial charge is 0.328 e. The van der Waals surface area contributed by atoms with Crippen LogP contribution in [0.4, 0.5) is 4.39 Å². The average Bonchev–Trinajstić information content (AvgIpc) is 2.38. The van der Waals surface area contributed by atoms with Crippen molar-refractivity contribution in [1.29, 1.82) is 0 Å². The van der Waals surface area contributed by atoms with Gasteiger partial charge in [0, 0.05) is 29.6 Å². The topological polar surface area (TPSA) is 50.2 Å². The second kappa shape index (κ2) is 5.23. The predicted molar refractivity (Wildman–Crippen MR) is 66.3 cm³/mol. The molecule has 0 radical (unpaired) electrons. The van der Waals surface area contributed by atoms with Crippen LogP contribution in [-0.2, 0) is 4.79 Å². The minimum atomic E-state index is -1.11. The van der Waals surface area contributed by atoms with Gasteiger partial charge in [-0.3, -0.25) is 4.98 Å². The summed E-state index contributed by atoms with van der Waals surface area (Å²) in [6.07, 6.45) is 5.46. The van der Waals surface area contributed by atoms with Crippen LogP contribution >= 0.6 is 0 Å². The Morgan fingerprint density at radius 1 is 1.28 bits per heavy atom. The molecule has 4 heteroatoms. The molecule has 0 aliphatic rings. The van der Waals surface area contributed by atoms with E-state index in [1.807, 2.05) is 6.07 Å². The van der Waals surface area contributed by atoms with Crippen molar-refractivity contribution in [2.24, 2.45) is 0 Å². The number of aliphatic carboxylic acids is 1. The van der Waals surface area contributed by atoms with Gasteiger partial charge in [0.1, 0.15) is 5.82 Å². The molecule has 0 aliphatic carbocycles. The first-order chi connectivity index (χ1) is 8.66. The number of hydrogen-bond donors (Lipinski definition) is 1. The van der Waals surface area contributed by atoms with E-state index in [0.717, 1.165) is 17.2 Å². The maximum Gasteiger partial charge on any atom is 0.328 e. The highest BCUT2D eigenvalue weighted by Gasteiger charge is 2.03. The van der Waals surface area contributed by atoms with Crippen molar-refractivity contribution in [3.63, 3.8) is 0 Å². The van der Waals surface area contributed by atoms with Crippen molar-refractivity contribution in [3.8, 4) is 11.1 Å². The van der Waals surface area contributed by atoms with Crippen LogP contribution in [-0.4, -0.2) is 16.1 Å². The first-order valence-corrected chi connectivity index (χ1v) is 5.28. The Kier molecular flexibility index (Phi) is 3.48. The van der Waals surface area contributed by atoms with E-state index in [1.165, 1.54) is 12.1 Å². The molecule has 90 valence electrons. The highest BCUT2D eigenvalue weighted by Crippen LogP contribution is 2.21. The molecule has 1 N–H and O–H groups in total. The Bertz CT molecular complexity index is 594. The number of carboxylic acid groups (broad SMARTS) is 1. The molecule has 0 saturated heterocycles. The van der Waals surface area contributed by atoms with E-state index in [2.05, 4.69) is 4.98 Å². The van der Waals surface area contributed by atoms with Crippen molar-refractivity contribution in [1.82, 2.24) is 4.98 Å². The summed E-state index contributed by atoms with van der Waals surface area (Å²) in [4.78, 5) is 14.4. The summed E-state index contributed by atoms with van der Waals surface area (Å²) in [5, 5.41) is 8.53. The van der Waals surface area contributed by atoms with Crippen LogP contribution in [0, 0.1) is 5.82 Å². The molecule has 0 amide bonds. The van der Waals surface area contributed by atoms with Gasteiger partial charge in [-0.15, -0.1) is 0 Å². The van der Waals surface area contributed by atoms with Crippen molar-refractivity contribution in [2.45, 2.75) is 0 Å². The lowest BCUT2D eigenvalue weighted by molar-refractivity contribution is -0.131. The maximum absolute atomic E-state index is 13.5. The summed E-state index contributed by atoms with van der Waals surface area (Å²) in [6, 6.07) is 8.16. The van der Waals surface area contributed by atoms with Crippen LogP contribution < -0.4 is 0 Å². The summed E-state index contributed by atoms with van der Waals surface area (Å²) in [5.74, 6) is -1.57. The fourth-order valence-electron chi connectivity index (χ4n) is 1.55. The van der Waals surface area contributed by atoms with Crippen LogP contribution in [0.15, 0.2) is 48.8 Å². The molecule has 2 rings (SSSR count). The summed E-state index contributed by atoms with van der Waals surface area (Å²) in [5.41, 5.74) is 1.87. The lowest BCUT2D eigenvalue weighted by Crippen LogP contribution is -1.89. The van der Waals surface area contributed by atoms with Gasteiger partial charge in [0.2, 0.25) is 0 Å². The van der Waals surface area contributed by atoms with Gasteiger partial charge < -0.3 is 5.11 Å². The zero-order chi connectivity index (χ0) is 13.0. The normalized spacial score (nSPS) is 10.7. The lowest BCUT2D eigenvalue weighted by Gasteiger charge is -2.03. The molecule has 18 heavy (non-hydrogen) atoms. The van der Waals surface area contributed by atoms with E-state index >= 15 is 0 Å². The molecule has 0 unspecified atom stereocenters. The number of pyridine rings is 1. The average molecular weight is 243 g/mol. The molecule has 0 bridgehead atoms. The summed E-state index contributed by atoms with van der Waals surface area (Å²) >= 11 is 0. The van der Waals surface area contributed by atoms with Crippen LogP contribution in [0.3, 0.4) is 0 Å². The first-order valence-electron chi connectivity index (χ1n) is 5.28. The molecule has 0 aliphatic heterocycles. The van der Waals surface area contributed by atoms with E-state index in [4.69, 9.17) is 5.11 Å². The van der Waals surface area contributed by atoms with E-state index in [0.29, 0.717) is 0 Å². The molecule has 0 atom stereocenters. The van der Waals surface area contributed by atoms with Crippen molar-refractivity contribution in [2.75, 3.05) is 0 Å². The zero-order valence-corrected chi connectivity index (χ0v) is 9.38. The third-order valence-electron chi connectivity index (χ3n) is 2.40. The number of rotatable bonds is 3. The molecular weight excluding hydrogens is 233 g/mol. The van der Waals surface area contributed by atoms with E-state index < -0.39 is 11.8 Å². The van der Waals surface area contributed by atoms with Crippen molar-refractivity contribution < 1.29 is 14.3 Å². The molecule has 1 aromatic carbocycles. The molecule has 2 aromatic rings. The molecular formula is C14H10FNO2. The standard InChI is InChI=1S/C14H10FNO2/c15-13-5-3-10(12-2-1-7-16-9-12)8-11(13)4-6-14(17)18/h1-9H,(H,17,18)/b6-4+. The second-order valence-electron chi connectivity index (χ2n) is 3.65. The maximum atomic E-state index is 13.5. The second-order valence-corrected chi connectivity index (χ2v) is 3.65. The molecule has 1 aromatic heterocycles. The van der Waals surface area contributed by atoms with E-state index in [1.54, 1.807) is 30.6 Å². The summed E-state index contributed by atoms with van der Waals surface area (Å²) in [7, 11) is 0. The molecule has 0 fully saturated rings. The number of halogens is 1. The summed E-state index contributed by atoms with van der Waals surface area (Å²) < 4.78 is 13.5. The Labute approximate surface area is 103 Å². The zero-order valence-electron chi connectivity index (χ0n) is 9.38. The van der Waals surface area contributed by atoms with Crippen LogP contribution in [0.25, 0.3) is 17.2 Å². The largest absolute Gasteiger partial charge is 0.478 e. The Morgan fingerprint density at radius 3 is 2.78 bits per heavy atom. The quantitative estimate of drug-likeness (QED) is 0.843. The van der Waals surface area contributed by atoms with Gasteiger partial charge >= 0.3 is 5.97 Å². The minimum absolute atomic E-state index is 0.235. The SMILES string of the molecule is O=C(O)/C=C/c1cc(-c2cccnc2)ccc1F. The number of carbonyl (C=O) groups is 1. The van der Waals surface area contributed by atoms with Crippen molar-refractivity contribution in [3.05, 3.63) is 60.2 Å². The van der Waals surface area contributed by atoms with Gasteiger partial charge in [0.25, 0.3) is 0 Å². The fourth-order valence-corrected chi connectivity index (χ4v) is 1.55. The fraction of sp³-hybridized carbons (Fsp3) is 0. The van der Waals surface area contributed by atoms with Gasteiger partial charge in [-0.25, -0.2) is 9.18 Å².